The second-order valence-corrected chi connectivity index (χ2v) is 12.3. The van der Waals surface area contributed by atoms with Gasteiger partial charge in [0.05, 0.1) is 11.9 Å². The van der Waals surface area contributed by atoms with Crippen LogP contribution >= 0.6 is 0 Å². The Morgan fingerprint density at radius 1 is 1.16 bits per heavy atom. The fourth-order valence-corrected chi connectivity index (χ4v) is 8.97. The summed E-state index contributed by atoms with van der Waals surface area (Å²) in [7, 11) is 0. The fraction of sp³-hybridized carbons (Fsp3) is 0.889. The quantitative estimate of drug-likeness (QED) is 0.667. The van der Waals surface area contributed by atoms with Crippen LogP contribution in [-0.4, -0.2) is 34.8 Å². The minimum absolute atomic E-state index is 0.141. The van der Waals surface area contributed by atoms with Gasteiger partial charge >= 0.3 is 0 Å². The van der Waals surface area contributed by atoms with Crippen molar-refractivity contribution in [1.82, 2.24) is 0 Å². The number of hydrogen-bond acceptors (Lipinski definition) is 4. The van der Waals surface area contributed by atoms with Crippen molar-refractivity contribution in [2.45, 2.75) is 97.7 Å². The lowest BCUT2D eigenvalue weighted by Gasteiger charge is -2.60. The predicted octanol–water partition coefficient (Wildman–Crippen LogP) is 4.88. The standard InChI is InChI=1S/C27H42O4/c1-15(14-28)5-8-22-16(2)25-23(31-22)12-21-19-7-6-17-11-18(29)9-10-26(17,3)20(19)13-24(30)27(21,25)4/h15,17-21,23,25,28-29H,5-14H2,1-4H3/t15-,17+,18-,19-,20+,21+,23-,25+,26+,27-/m1/s1. The molecule has 5 aliphatic rings. The Kier molecular flexibility index (Phi) is 5.37. The van der Waals surface area contributed by atoms with Gasteiger partial charge < -0.3 is 14.9 Å². The number of carbonyl (C=O) groups is 1. The van der Waals surface area contributed by atoms with Gasteiger partial charge in [-0.3, -0.25) is 4.79 Å². The summed E-state index contributed by atoms with van der Waals surface area (Å²) in [6.45, 7) is 9.21. The third-order valence-corrected chi connectivity index (χ3v) is 10.9. The highest BCUT2D eigenvalue weighted by atomic mass is 16.5. The van der Waals surface area contributed by atoms with E-state index < -0.39 is 0 Å². The van der Waals surface area contributed by atoms with E-state index in [1.807, 2.05) is 0 Å². The van der Waals surface area contributed by atoms with E-state index in [9.17, 15) is 15.0 Å². The Labute approximate surface area is 187 Å². The number of aliphatic hydroxyl groups is 2. The highest BCUT2D eigenvalue weighted by Crippen LogP contribution is 2.68. The van der Waals surface area contributed by atoms with E-state index in [1.54, 1.807) is 0 Å². The molecular weight excluding hydrogens is 388 g/mol. The first-order valence-electron chi connectivity index (χ1n) is 12.9. The number of ether oxygens (including phenoxy) is 1. The van der Waals surface area contributed by atoms with Gasteiger partial charge in [-0.1, -0.05) is 20.8 Å². The summed E-state index contributed by atoms with van der Waals surface area (Å²) in [6, 6.07) is 0. The summed E-state index contributed by atoms with van der Waals surface area (Å²) >= 11 is 0. The van der Waals surface area contributed by atoms with Crippen molar-refractivity contribution in [1.29, 1.82) is 0 Å². The summed E-state index contributed by atoms with van der Waals surface area (Å²) in [4.78, 5) is 13.9. The van der Waals surface area contributed by atoms with E-state index >= 15 is 0 Å². The molecule has 1 heterocycles. The molecule has 1 aliphatic heterocycles. The number of allylic oxidation sites excluding steroid dienone is 1. The monoisotopic (exact) mass is 430 g/mol. The molecule has 0 aromatic heterocycles. The van der Waals surface area contributed by atoms with Crippen molar-refractivity contribution in [3.05, 3.63) is 11.3 Å². The molecule has 5 rings (SSSR count). The van der Waals surface area contributed by atoms with Crippen LogP contribution < -0.4 is 0 Å². The fourth-order valence-electron chi connectivity index (χ4n) is 8.97. The first-order valence-corrected chi connectivity index (χ1v) is 12.9. The Balaban J connectivity index is 1.41. The lowest BCUT2D eigenvalue weighted by atomic mass is 9.44. The second-order valence-electron chi connectivity index (χ2n) is 12.3. The molecule has 0 spiro atoms. The number of rotatable bonds is 4. The van der Waals surface area contributed by atoms with Crippen LogP contribution in [0.5, 0.6) is 0 Å². The van der Waals surface area contributed by atoms with Crippen LogP contribution in [-0.2, 0) is 9.53 Å². The summed E-state index contributed by atoms with van der Waals surface area (Å²) in [5.41, 5.74) is 1.25. The van der Waals surface area contributed by atoms with Crippen molar-refractivity contribution >= 4 is 5.78 Å². The lowest BCUT2D eigenvalue weighted by molar-refractivity contribution is -0.158. The van der Waals surface area contributed by atoms with E-state index in [4.69, 9.17) is 4.74 Å². The summed E-state index contributed by atoms with van der Waals surface area (Å²) < 4.78 is 6.54. The number of ketones is 1. The smallest absolute Gasteiger partial charge is 0.140 e. The van der Waals surface area contributed by atoms with Crippen LogP contribution in [0.15, 0.2) is 11.3 Å². The molecule has 0 aromatic carbocycles. The van der Waals surface area contributed by atoms with Crippen LogP contribution in [0, 0.1) is 46.3 Å². The van der Waals surface area contributed by atoms with E-state index in [-0.39, 0.29) is 41.5 Å². The lowest BCUT2D eigenvalue weighted by Crippen LogP contribution is -2.57. The molecule has 4 nitrogen and oxygen atoms in total. The van der Waals surface area contributed by atoms with Gasteiger partial charge in [0.25, 0.3) is 0 Å². The summed E-state index contributed by atoms with van der Waals surface area (Å²) in [5.74, 6) is 4.23. The highest BCUT2D eigenvalue weighted by Gasteiger charge is 2.67. The number of hydrogen-bond donors (Lipinski definition) is 2. The minimum atomic E-state index is -0.280. The van der Waals surface area contributed by atoms with E-state index in [2.05, 4.69) is 27.7 Å². The van der Waals surface area contributed by atoms with Crippen molar-refractivity contribution in [2.24, 2.45) is 46.3 Å². The first kappa shape index (κ1) is 21.9. The largest absolute Gasteiger partial charge is 0.494 e. The molecule has 4 saturated carbocycles. The zero-order chi connectivity index (χ0) is 22.1. The van der Waals surface area contributed by atoms with Gasteiger partial charge in [-0.15, -0.1) is 0 Å². The molecule has 0 radical (unpaired) electrons. The molecule has 2 N–H and O–H groups in total. The van der Waals surface area contributed by atoms with Crippen LogP contribution in [0.1, 0.15) is 85.5 Å². The Morgan fingerprint density at radius 2 is 1.94 bits per heavy atom. The van der Waals surface area contributed by atoms with Gasteiger partial charge in [0.15, 0.2) is 0 Å². The molecule has 174 valence electrons. The third-order valence-electron chi connectivity index (χ3n) is 10.9. The SMILES string of the molecule is CC1=C(CC[C@@H](C)CO)O[C@@H]2C[C@H]3[C@@H]4CC[C@H]5C[C@H](O)CC[C@]5(C)[C@H]4CC(=O)[C@]3(C)[C@@H]12. The van der Waals surface area contributed by atoms with Crippen molar-refractivity contribution < 1.29 is 19.7 Å². The molecule has 0 amide bonds. The van der Waals surface area contributed by atoms with Crippen LogP contribution in [0.3, 0.4) is 0 Å². The Hall–Kier alpha value is -0.870. The first-order chi connectivity index (χ1) is 14.7. The van der Waals surface area contributed by atoms with E-state index in [0.29, 0.717) is 29.5 Å². The normalized spacial score (nSPS) is 49.7. The Bertz CT molecular complexity index is 773. The van der Waals surface area contributed by atoms with E-state index in [0.717, 1.165) is 50.7 Å². The maximum absolute atomic E-state index is 13.9. The van der Waals surface area contributed by atoms with Crippen LogP contribution in [0.4, 0.5) is 0 Å². The van der Waals surface area contributed by atoms with Crippen LogP contribution in [0.2, 0.25) is 0 Å². The average molecular weight is 431 g/mol. The molecule has 10 atom stereocenters. The molecule has 4 heteroatoms. The average Bonchev–Trinajstić information content (AvgIpc) is 3.22. The molecule has 0 saturated heterocycles. The maximum Gasteiger partial charge on any atom is 0.140 e. The van der Waals surface area contributed by atoms with Crippen molar-refractivity contribution in [3.8, 4) is 0 Å². The minimum Gasteiger partial charge on any atom is -0.494 e. The molecule has 31 heavy (non-hydrogen) atoms. The molecule has 4 fully saturated rings. The van der Waals surface area contributed by atoms with Crippen LogP contribution in [0.25, 0.3) is 0 Å². The number of carbonyl (C=O) groups excluding carboxylic acids is 1. The van der Waals surface area contributed by atoms with Gasteiger partial charge in [0.1, 0.15) is 11.9 Å². The number of aliphatic hydroxyl groups excluding tert-OH is 2. The molecule has 0 aromatic rings. The van der Waals surface area contributed by atoms with Gasteiger partial charge in [-0.25, -0.2) is 0 Å². The second kappa shape index (κ2) is 7.58. The third kappa shape index (κ3) is 3.10. The zero-order valence-corrected chi connectivity index (χ0v) is 19.9. The summed E-state index contributed by atoms with van der Waals surface area (Å²) in [6.07, 6.45) is 8.93. The number of fused-ring (bicyclic) bond motifs is 7. The number of Topliss-reactive ketones (excluding diaryl/α,β-unsaturated/α-hetero) is 1. The van der Waals surface area contributed by atoms with E-state index in [1.165, 1.54) is 18.4 Å². The maximum atomic E-state index is 13.9. The molecular formula is C27H42O4. The highest BCUT2D eigenvalue weighted by molar-refractivity contribution is 5.87. The predicted molar refractivity (Wildman–Crippen MR) is 120 cm³/mol. The Morgan fingerprint density at radius 3 is 2.68 bits per heavy atom. The summed E-state index contributed by atoms with van der Waals surface area (Å²) in [5, 5.41) is 19.6. The zero-order valence-electron chi connectivity index (χ0n) is 19.9. The van der Waals surface area contributed by atoms with Gasteiger partial charge in [-0.05, 0) is 92.4 Å². The topological polar surface area (TPSA) is 66.8 Å². The van der Waals surface area contributed by atoms with Gasteiger partial charge in [0.2, 0.25) is 0 Å². The van der Waals surface area contributed by atoms with Crippen molar-refractivity contribution in [2.75, 3.05) is 6.61 Å². The molecule has 4 aliphatic carbocycles. The van der Waals surface area contributed by atoms with Gasteiger partial charge in [-0.2, -0.15) is 0 Å². The van der Waals surface area contributed by atoms with Crippen molar-refractivity contribution in [3.63, 3.8) is 0 Å². The van der Waals surface area contributed by atoms with Gasteiger partial charge in [0, 0.05) is 30.8 Å². The molecule has 0 unspecified atom stereocenters. The molecule has 0 bridgehead atoms.